The minimum Gasteiger partial charge on any atom is -0.381 e. The average Bonchev–Trinajstić information content (AvgIpc) is 2.68. The molecular weight excluding hydrogens is 304 g/mol. The number of amides is 2. The van der Waals surface area contributed by atoms with Crippen LogP contribution in [0, 0.1) is 11.8 Å². The Labute approximate surface area is 143 Å². The number of hydrogen-bond donors (Lipinski definition) is 0. The second-order valence-electron chi connectivity index (χ2n) is 6.72. The highest BCUT2D eigenvalue weighted by Crippen LogP contribution is 2.25. The van der Waals surface area contributed by atoms with Gasteiger partial charge < -0.3 is 14.5 Å². The van der Waals surface area contributed by atoms with Crippen LogP contribution >= 0.6 is 0 Å². The molecule has 0 spiro atoms. The van der Waals surface area contributed by atoms with Gasteiger partial charge in [-0.1, -0.05) is 18.2 Å². The summed E-state index contributed by atoms with van der Waals surface area (Å²) in [5.74, 6) is 0.520. The number of hydrogen-bond acceptors (Lipinski definition) is 3. The number of nitrogens with zero attached hydrogens (tertiary/aromatic N) is 2. The molecule has 2 fully saturated rings. The van der Waals surface area contributed by atoms with E-state index >= 15 is 0 Å². The zero-order valence-corrected chi connectivity index (χ0v) is 14.3. The van der Waals surface area contributed by atoms with Gasteiger partial charge in [0.15, 0.2) is 0 Å². The zero-order valence-electron chi connectivity index (χ0n) is 14.3. The Morgan fingerprint density at radius 1 is 1.00 bits per heavy atom. The summed E-state index contributed by atoms with van der Waals surface area (Å²) in [6, 6.07) is 9.72. The number of para-hydroxylation sites is 1. The largest absolute Gasteiger partial charge is 0.381 e. The predicted octanol–water partition coefficient (Wildman–Crippen LogP) is 2.31. The molecule has 3 rings (SSSR count). The second kappa shape index (κ2) is 7.79. The highest BCUT2D eigenvalue weighted by molar-refractivity contribution is 5.94. The summed E-state index contributed by atoms with van der Waals surface area (Å²) < 4.78 is 5.33. The maximum atomic E-state index is 12.7. The first-order valence-corrected chi connectivity index (χ1v) is 8.86. The molecule has 2 aliphatic heterocycles. The van der Waals surface area contributed by atoms with E-state index in [2.05, 4.69) is 0 Å². The lowest BCUT2D eigenvalue weighted by molar-refractivity contribution is -0.141. The van der Waals surface area contributed by atoms with Crippen LogP contribution in [0.2, 0.25) is 0 Å². The maximum absolute atomic E-state index is 12.7. The van der Waals surface area contributed by atoms with Crippen molar-refractivity contribution in [1.29, 1.82) is 0 Å². The molecule has 2 aliphatic rings. The van der Waals surface area contributed by atoms with Gasteiger partial charge in [-0.3, -0.25) is 9.59 Å². The third kappa shape index (κ3) is 3.78. The third-order valence-electron chi connectivity index (χ3n) is 5.20. The lowest BCUT2D eigenvalue weighted by Gasteiger charge is -2.35. The molecule has 24 heavy (non-hydrogen) atoms. The number of carbonyl (C=O) groups is 2. The Bertz CT molecular complexity index is 561. The molecule has 1 aromatic carbocycles. The Hall–Kier alpha value is -1.88. The van der Waals surface area contributed by atoms with Crippen LogP contribution in [-0.4, -0.2) is 50.1 Å². The van der Waals surface area contributed by atoms with E-state index in [-0.39, 0.29) is 23.7 Å². The fourth-order valence-electron chi connectivity index (χ4n) is 3.60. The third-order valence-corrected chi connectivity index (χ3v) is 5.20. The zero-order chi connectivity index (χ0) is 16.9. The molecule has 0 atom stereocenters. The van der Waals surface area contributed by atoms with Gasteiger partial charge in [0.1, 0.15) is 0 Å². The van der Waals surface area contributed by atoms with E-state index in [0.29, 0.717) is 26.3 Å². The van der Waals surface area contributed by atoms with E-state index < -0.39 is 0 Å². The van der Waals surface area contributed by atoms with Crippen LogP contribution < -0.4 is 4.90 Å². The van der Waals surface area contributed by atoms with Crippen LogP contribution in [0.4, 0.5) is 5.69 Å². The van der Waals surface area contributed by atoms with Crippen LogP contribution in [0.5, 0.6) is 0 Å². The van der Waals surface area contributed by atoms with Gasteiger partial charge in [-0.2, -0.15) is 0 Å². The topological polar surface area (TPSA) is 49.9 Å². The lowest BCUT2D eigenvalue weighted by atomic mass is 9.92. The van der Waals surface area contributed by atoms with E-state index in [1.165, 1.54) is 0 Å². The quantitative estimate of drug-likeness (QED) is 0.854. The lowest BCUT2D eigenvalue weighted by Crippen LogP contribution is -2.46. The minimum absolute atomic E-state index is 0.00828. The van der Waals surface area contributed by atoms with Crippen molar-refractivity contribution in [2.45, 2.75) is 25.7 Å². The standard InChI is InChI=1S/C19H26N2O3/c1-20(17-5-3-2-4-6-17)18(22)15-7-11-21(12-8-15)19(23)16-9-13-24-14-10-16/h2-6,15-16H,7-14H2,1H3. The van der Waals surface area contributed by atoms with Crippen LogP contribution in [0.1, 0.15) is 25.7 Å². The van der Waals surface area contributed by atoms with Crippen LogP contribution in [-0.2, 0) is 14.3 Å². The van der Waals surface area contributed by atoms with E-state index in [0.717, 1.165) is 31.4 Å². The highest BCUT2D eigenvalue weighted by Gasteiger charge is 2.32. The number of anilines is 1. The first-order chi connectivity index (χ1) is 11.7. The van der Waals surface area contributed by atoms with E-state index in [9.17, 15) is 9.59 Å². The summed E-state index contributed by atoms with van der Waals surface area (Å²) in [7, 11) is 1.83. The number of likely N-dealkylation sites (tertiary alicyclic amines) is 1. The number of carbonyl (C=O) groups excluding carboxylic acids is 2. The molecular formula is C19H26N2O3. The van der Waals surface area contributed by atoms with Crippen LogP contribution in [0.3, 0.4) is 0 Å². The maximum Gasteiger partial charge on any atom is 0.229 e. The Balaban J connectivity index is 1.53. The molecule has 0 unspecified atom stereocenters. The highest BCUT2D eigenvalue weighted by atomic mass is 16.5. The number of piperidine rings is 1. The van der Waals surface area contributed by atoms with Gasteiger partial charge >= 0.3 is 0 Å². The summed E-state index contributed by atoms with van der Waals surface area (Å²) in [5, 5.41) is 0. The first kappa shape index (κ1) is 17.0. The molecule has 0 N–H and O–H groups in total. The fourth-order valence-corrected chi connectivity index (χ4v) is 3.60. The number of rotatable bonds is 3. The van der Waals surface area contributed by atoms with Crippen molar-refractivity contribution in [1.82, 2.24) is 4.90 Å². The number of ether oxygens (including phenoxy) is 1. The van der Waals surface area contributed by atoms with Crippen molar-refractivity contribution >= 4 is 17.5 Å². The van der Waals surface area contributed by atoms with Gasteiger partial charge in [0, 0.05) is 50.9 Å². The molecule has 5 nitrogen and oxygen atoms in total. The molecule has 0 aromatic heterocycles. The van der Waals surface area contributed by atoms with Crippen molar-refractivity contribution in [3.8, 4) is 0 Å². The fraction of sp³-hybridized carbons (Fsp3) is 0.579. The second-order valence-corrected chi connectivity index (χ2v) is 6.72. The van der Waals surface area contributed by atoms with Gasteiger partial charge in [-0.25, -0.2) is 0 Å². The van der Waals surface area contributed by atoms with Gasteiger partial charge in [0.25, 0.3) is 0 Å². The predicted molar refractivity (Wildman–Crippen MR) is 92.7 cm³/mol. The van der Waals surface area contributed by atoms with E-state index in [1.807, 2.05) is 42.3 Å². The molecule has 130 valence electrons. The smallest absolute Gasteiger partial charge is 0.229 e. The molecule has 0 radical (unpaired) electrons. The van der Waals surface area contributed by atoms with Crippen molar-refractivity contribution < 1.29 is 14.3 Å². The summed E-state index contributed by atoms with van der Waals surface area (Å²) in [4.78, 5) is 28.9. The summed E-state index contributed by atoms with van der Waals surface area (Å²) in [5.41, 5.74) is 0.920. The van der Waals surface area contributed by atoms with Crippen LogP contribution in [0.15, 0.2) is 30.3 Å². The molecule has 2 heterocycles. The summed E-state index contributed by atoms with van der Waals surface area (Å²) >= 11 is 0. The summed E-state index contributed by atoms with van der Waals surface area (Å²) in [6.45, 7) is 2.75. The molecule has 1 aromatic rings. The molecule has 0 bridgehead atoms. The SMILES string of the molecule is CN(C(=O)C1CCN(C(=O)C2CCOCC2)CC1)c1ccccc1. The van der Waals surface area contributed by atoms with Crippen molar-refractivity contribution in [3.63, 3.8) is 0 Å². The Morgan fingerprint density at radius 3 is 2.25 bits per heavy atom. The summed E-state index contributed by atoms with van der Waals surface area (Å²) in [6.07, 6.45) is 3.17. The normalized spacial score (nSPS) is 20.0. The molecule has 2 amide bonds. The first-order valence-electron chi connectivity index (χ1n) is 8.86. The van der Waals surface area contributed by atoms with Crippen molar-refractivity contribution in [3.05, 3.63) is 30.3 Å². The van der Waals surface area contributed by atoms with Gasteiger partial charge in [0.05, 0.1) is 0 Å². The molecule has 2 saturated heterocycles. The van der Waals surface area contributed by atoms with Crippen molar-refractivity contribution in [2.75, 3.05) is 38.3 Å². The molecule has 0 aliphatic carbocycles. The van der Waals surface area contributed by atoms with Gasteiger partial charge in [-0.05, 0) is 37.8 Å². The molecule has 0 saturated carbocycles. The minimum atomic E-state index is 0.00828. The average molecular weight is 330 g/mol. The van der Waals surface area contributed by atoms with Crippen molar-refractivity contribution in [2.24, 2.45) is 11.8 Å². The van der Waals surface area contributed by atoms with E-state index in [1.54, 1.807) is 4.90 Å². The number of benzene rings is 1. The Kier molecular flexibility index (Phi) is 5.51. The van der Waals surface area contributed by atoms with Gasteiger partial charge in [-0.15, -0.1) is 0 Å². The monoisotopic (exact) mass is 330 g/mol. The van der Waals surface area contributed by atoms with Crippen LogP contribution in [0.25, 0.3) is 0 Å². The van der Waals surface area contributed by atoms with E-state index in [4.69, 9.17) is 4.74 Å². The molecule has 5 heteroatoms. The van der Waals surface area contributed by atoms with Gasteiger partial charge in [0.2, 0.25) is 11.8 Å². The Morgan fingerprint density at radius 2 is 1.62 bits per heavy atom.